The van der Waals surface area contributed by atoms with E-state index in [1.165, 1.54) is 17.4 Å². The quantitative estimate of drug-likeness (QED) is 0.897. The molecule has 2 aromatic rings. The summed E-state index contributed by atoms with van der Waals surface area (Å²) >= 11 is 7.25. The molecule has 1 unspecified atom stereocenters. The van der Waals surface area contributed by atoms with E-state index in [-0.39, 0.29) is 11.6 Å². The van der Waals surface area contributed by atoms with Crippen molar-refractivity contribution in [3.05, 3.63) is 56.5 Å². The molecule has 5 heteroatoms. The van der Waals surface area contributed by atoms with Crippen LogP contribution < -0.4 is 5.32 Å². The first-order valence-corrected chi connectivity index (χ1v) is 6.99. The third kappa shape index (κ3) is 3.33. The summed E-state index contributed by atoms with van der Waals surface area (Å²) in [5.41, 5.74) is 0.910. The summed E-state index contributed by atoms with van der Waals surface area (Å²) in [6.07, 6.45) is 0. The zero-order valence-corrected chi connectivity index (χ0v) is 12.1. The maximum absolute atomic E-state index is 13.6. The van der Waals surface area contributed by atoms with E-state index in [1.807, 2.05) is 19.9 Å². The van der Waals surface area contributed by atoms with E-state index in [2.05, 4.69) is 5.32 Å². The minimum Gasteiger partial charge on any atom is -0.345 e. The Kier molecular flexibility index (Phi) is 4.22. The Morgan fingerprint density at radius 3 is 2.74 bits per heavy atom. The Bertz CT molecular complexity index is 611. The predicted molar refractivity (Wildman–Crippen MR) is 76.3 cm³/mol. The molecule has 1 atom stereocenters. The largest absolute Gasteiger partial charge is 0.345 e. The molecule has 1 aromatic heterocycles. The normalized spacial score (nSPS) is 12.2. The summed E-state index contributed by atoms with van der Waals surface area (Å²) in [5, 5.41) is 2.77. The number of hydrogen-bond acceptors (Lipinski definition) is 2. The van der Waals surface area contributed by atoms with Gasteiger partial charge in [0.05, 0.1) is 15.9 Å². The number of halogens is 2. The second-order valence-corrected chi connectivity index (χ2v) is 6.07. The molecule has 2 nitrogen and oxygen atoms in total. The molecule has 2 rings (SSSR count). The molecule has 0 fully saturated rings. The Hall–Kier alpha value is -1.39. The molecular weight excluding hydrogens is 285 g/mol. The van der Waals surface area contributed by atoms with Crippen molar-refractivity contribution in [2.75, 3.05) is 0 Å². The first-order chi connectivity index (χ1) is 8.97. The Morgan fingerprint density at radius 1 is 1.37 bits per heavy atom. The van der Waals surface area contributed by atoms with Crippen LogP contribution in [0.5, 0.6) is 0 Å². The van der Waals surface area contributed by atoms with Crippen molar-refractivity contribution in [2.24, 2.45) is 0 Å². The topological polar surface area (TPSA) is 29.1 Å². The summed E-state index contributed by atoms with van der Waals surface area (Å²) in [7, 11) is 0. The fourth-order valence-electron chi connectivity index (χ4n) is 1.72. The van der Waals surface area contributed by atoms with Gasteiger partial charge >= 0.3 is 0 Å². The number of hydrogen-bond donors (Lipinski definition) is 1. The third-order valence-corrected chi connectivity index (χ3v) is 4.15. The van der Waals surface area contributed by atoms with Crippen molar-refractivity contribution in [2.45, 2.75) is 19.9 Å². The number of carbonyl (C=O) groups is 1. The number of thiophene rings is 1. The van der Waals surface area contributed by atoms with Crippen molar-refractivity contribution in [1.29, 1.82) is 0 Å². The molecule has 1 aromatic carbocycles. The molecule has 0 aliphatic rings. The lowest BCUT2D eigenvalue weighted by Crippen LogP contribution is -2.27. The van der Waals surface area contributed by atoms with Gasteiger partial charge in [-0.25, -0.2) is 4.39 Å². The number of carbonyl (C=O) groups excluding carboxylic acids is 1. The minimum absolute atomic E-state index is 0.0644. The van der Waals surface area contributed by atoms with Gasteiger partial charge in [-0.1, -0.05) is 23.2 Å². The summed E-state index contributed by atoms with van der Waals surface area (Å²) in [5.74, 6) is -0.933. The summed E-state index contributed by atoms with van der Waals surface area (Å²) < 4.78 is 14.3. The fourth-order valence-corrected chi connectivity index (χ4v) is 2.78. The van der Waals surface area contributed by atoms with Gasteiger partial charge in [0.25, 0.3) is 5.91 Å². The highest BCUT2D eigenvalue weighted by Gasteiger charge is 2.16. The maximum atomic E-state index is 13.6. The average molecular weight is 298 g/mol. The molecule has 1 N–H and O–H groups in total. The van der Waals surface area contributed by atoms with Gasteiger partial charge in [-0.2, -0.15) is 0 Å². The number of rotatable bonds is 3. The monoisotopic (exact) mass is 297 g/mol. The van der Waals surface area contributed by atoms with Crippen LogP contribution in [-0.4, -0.2) is 5.91 Å². The Balaban J connectivity index is 2.15. The number of amides is 1. The summed E-state index contributed by atoms with van der Waals surface area (Å²) in [6, 6.07) is 7.90. The van der Waals surface area contributed by atoms with Crippen LogP contribution in [-0.2, 0) is 0 Å². The van der Waals surface area contributed by atoms with Crippen LogP contribution in [0.15, 0.2) is 30.3 Å². The second kappa shape index (κ2) is 5.72. The van der Waals surface area contributed by atoms with Gasteiger partial charge in [0.1, 0.15) is 5.82 Å². The smallest absolute Gasteiger partial charge is 0.254 e. The molecule has 0 saturated carbocycles. The first-order valence-electron chi connectivity index (χ1n) is 5.79. The zero-order valence-electron chi connectivity index (χ0n) is 10.5. The van der Waals surface area contributed by atoms with E-state index in [1.54, 1.807) is 18.2 Å². The molecule has 1 heterocycles. The van der Waals surface area contributed by atoms with E-state index >= 15 is 0 Å². The predicted octanol–water partition coefficient (Wildman–Crippen LogP) is 4.34. The van der Waals surface area contributed by atoms with Crippen LogP contribution in [0.25, 0.3) is 0 Å². The van der Waals surface area contributed by atoms with Gasteiger partial charge in [-0.15, -0.1) is 11.3 Å². The van der Waals surface area contributed by atoms with E-state index in [9.17, 15) is 9.18 Å². The zero-order chi connectivity index (χ0) is 14.0. The summed E-state index contributed by atoms with van der Waals surface area (Å²) in [4.78, 5) is 13.0. The lowest BCUT2D eigenvalue weighted by atomic mass is 10.1. The molecule has 0 bridgehead atoms. The van der Waals surface area contributed by atoms with Gasteiger partial charge in [-0.05, 0) is 38.1 Å². The molecule has 0 aliphatic carbocycles. The van der Waals surface area contributed by atoms with Crippen LogP contribution in [0.1, 0.15) is 33.8 Å². The third-order valence-electron chi connectivity index (χ3n) is 2.73. The van der Waals surface area contributed by atoms with E-state index < -0.39 is 11.7 Å². The van der Waals surface area contributed by atoms with E-state index in [0.717, 1.165) is 10.4 Å². The Labute approximate surface area is 120 Å². The highest BCUT2D eigenvalue weighted by Crippen LogP contribution is 2.26. The van der Waals surface area contributed by atoms with Crippen molar-refractivity contribution >= 4 is 28.8 Å². The molecular formula is C14H13ClFNOS. The van der Waals surface area contributed by atoms with Gasteiger partial charge in [0.2, 0.25) is 0 Å². The molecule has 0 aliphatic heterocycles. The number of nitrogens with one attached hydrogen (secondary N) is 1. The fraction of sp³-hybridized carbons (Fsp3) is 0.214. The number of benzene rings is 1. The minimum atomic E-state index is -0.514. The highest BCUT2D eigenvalue weighted by atomic mass is 35.5. The van der Waals surface area contributed by atoms with Crippen LogP contribution in [0.4, 0.5) is 4.39 Å². The van der Waals surface area contributed by atoms with Gasteiger partial charge < -0.3 is 5.32 Å². The van der Waals surface area contributed by atoms with E-state index in [4.69, 9.17) is 11.6 Å². The standard InChI is InChI=1S/C14H13ClFNOS/c1-8-3-4-11(16)10(7-8)14(18)17-9(2)12-5-6-13(15)19-12/h3-7,9H,1-2H3,(H,17,18). The average Bonchev–Trinajstić information content (AvgIpc) is 2.79. The van der Waals surface area contributed by atoms with Crippen LogP contribution >= 0.6 is 22.9 Å². The van der Waals surface area contributed by atoms with Gasteiger partial charge in [-0.3, -0.25) is 4.79 Å². The first kappa shape index (κ1) is 14.0. The molecule has 0 spiro atoms. The van der Waals surface area contributed by atoms with Gasteiger partial charge in [0, 0.05) is 4.88 Å². The summed E-state index contributed by atoms with van der Waals surface area (Å²) in [6.45, 7) is 3.66. The van der Waals surface area contributed by atoms with Crippen LogP contribution in [0.3, 0.4) is 0 Å². The van der Waals surface area contributed by atoms with Crippen molar-refractivity contribution in [3.63, 3.8) is 0 Å². The molecule has 1 amide bonds. The number of aryl methyl sites for hydroxylation is 1. The highest BCUT2D eigenvalue weighted by molar-refractivity contribution is 7.16. The van der Waals surface area contributed by atoms with Crippen molar-refractivity contribution in [3.8, 4) is 0 Å². The SMILES string of the molecule is Cc1ccc(F)c(C(=O)NC(C)c2ccc(Cl)s2)c1. The van der Waals surface area contributed by atoms with Crippen molar-refractivity contribution in [1.82, 2.24) is 5.32 Å². The van der Waals surface area contributed by atoms with Crippen LogP contribution in [0.2, 0.25) is 4.34 Å². The lowest BCUT2D eigenvalue weighted by Gasteiger charge is -2.13. The molecule has 100 valence electrons. The Morgan fingerprint density at radius 2 is 2.11 bits per heavy atom. The molecule has 19 heavy (non-hydrogen) atoms. The van der Waals surface area contributed by atoms with Crippen LogP contribution in [0, 0.1) is 12.7 Å². The molecule has 0 radical (unpaired) electrons. The maximum Gasteiger partial charge on any atom is 0.254 e. The van der Waals surface area contributed by atoms with Crippen molar-refractivity contribution < 1.29 is 9.18 Å². The molecule has 0 saturated heterocycles. The second-order valence-electron chi connectivity index (χ2n) is 4.32. The van der Waals surface area contributed by atoms with E-state index in [0.29, 0.717) is 4.34 Å². The lowest BCUT2D eigenvalue weighted by molar-refractivity contribution is 0.0936. The van der Waals surface area contributed by atoms with Gasteiger partial charge in [0.15, 0.2) is 0 Å².